The van der Waals surface area contributed by atoms with E-state index >= 15 is 0 Å². The molecule has 1 fully saturated rings. The highest BCUT2D eigenvalue weighted by Crippen LogP contribution is 2.22. The van der Waals surface area contributed by atoms with Crippen LogP contribution in [-0.4, -0.2) is 47.0 Å². The van der Waals surface area contributed by atoms with E-state index in [1.54, 1.807) is 0 Å². The second-order valence-corrected chi connectivity index (χ2v) is 7.61. The zero-order chi connectivity index (χ0) is 18.8. The number of para-hydroxylation sites is 1. The van der Waals surface area contributed by atoms with Crippen molar-refractivity contribution < 1.29 is 9.21 Å². The van der Waals surface area contributed by atoms with Crippen LogP contribution in [-0.2, 0) is 6.54 Å². The Morgan fingerprint density at radius 3 is 2.74 bits per heavy atom. The van der Waals surface area contributed by atoms with E-state index in [-0.39, 0.29) is 6.03 Å². The molecule has 2 heterocycles. The lowest BCUT2D eigenvalue weighted by Crippen LogP contribution is -2.49. The van der Waals surface area contributed by atoms with Crippen molar-refractivity contribution in [3.8, 4) is 0 Å². The molecule has 0 saturated carbocycles. The molecule has 0 aliphatic carbocycles. The third kappa shape index (κ3) is 4.14. The summed E-state index contributed by atoms with van der Waals surface area (Å²) in [5.41, 5.74) is 3.67. The minimum absolute atomic E-state index is 0.0705. The summed E-state index contributed by atoms with van der Waals surface area (Å²) in [5.74, 6) is 0.724. The number of fused-ring (bicyclic) bond motifs is 1. The van der Waals surface area contributed by atoms with Crippen molar-refractivity contribution in [3.63, 3.8) is 0 Å². The van der Waals surface area contributed by atoms with Crippen molar-refractivity contribution in [2.45, 2.75) is 13.5 Å². The quantitative estimate of drug-likeness (QED) is 0.677. The van der Waals surface area contributed by atoms with Crippen molar-refractivity contribution >= 4 is 38.7 Å². The van der Waals surface area contributed by atoms with E-state index in [0.29, 0.717) is 19.6 Å². The van der Waals surface area contributed by atoms with Crippen molar-refractivity contribution in [2.75, 3.05) is 31.5 Å². The molecule has 0 spiro atoms. The molecule has 1 saturated heterocycles. The molecule has 4 rings (SSSR count). The van der Waals surface area contributed by atoms with Crippen LogP contribution in [0, 0.1) is 6.92 Å². The van der Waals surface area contributed by atoms with Crippen LogP contribution in [0.1, 0.15) is 11.5 Å². The summed E-state index contributed by atoms with van der Waals surface area (Å²) in [6.45, 7) is 5.64. The van der Waals surface area contributed by atoms with E-state index in [1.165, 1.54) is 0 Å². The molecule has 2 aromatic carbocycles. The van der Waals surface area contributed by atoms with Gasteiger partial charge in [0.2, 0.25) is 5.89 Å². The van der Waals surface area contributed by atoms with Gasteiger partial charge in [0.1, 0.15) is 5.52 Å². The van der Waals surface area contributed by atoms with Gasteiger partial charge in [-0.2, -0.15) is 0 Å². The van der Waals surface area contributed by atoms with Crippen molar-refractivity contribution in [1.82, 2.24) is 14.8 Å². The number of amides is 2. The van der Waals surface area contributed by atoms with Crippen LogP contribution in [0.4, 0.5) is 10.5 Å². The highest BCUT2D eigenvalue weighted by atomic mass is 79.9. The number of hydrogen-bond acceptors (Lipinski definition) is 4. The summed E-state index contributed by atoms with van der Waals surface area (Å²) in [5, 5.41) is 2.96. The number of anilines is 1. The zero-order valence-electron chi connectivity index (χ0n) is 15.1. The number of carbonyl (C=O) groups is 1. The molecule has 1 aliphatic rings. The standard InChI is InChI=1S/C20H21BrN4O2/c1-14-6-7-17-18(12-14)27-19(22-17)13-24-8-10-25(11-9-24)20(26)23-16-5-3-2-4-15(16)21/h2-7,12H,8-11,13H2,1H3,(H,23,26). The van der Waals surface area contributed by atoms with Crippen LogP contribution >= 0.6 is 15.9 Å². The third-order valence-electron chi connectivity index (χ3n) is 4.72. The predicted octanol–water partition coefficient (Wildman–Crippen LogP) is 4.25. The van der Waals surface area contributed by atoms with Gasteiger partial charge in [-0.1, -0.05) is 18.2 Å². The van der Waals surface area contributed by atoms with Gasteiger partial charge >= 0.3 is 6.03 Å². The van der Waals surface area contributed by atoms with Gasteiger partial charge in [-0.05, 0) is 52.7 Å². The zero-order valence-corrected chi connectivity index (χ0v) is 16.7. The summed E-state index contributed by atoms with van der Waals surface area (Å²) in [6.07, 6.45) is 0. The fraction of sp³-hybridized carbons (Fsp3) is 0.300. The van der Waals surface area contributed by atoms with Crippen LogP contribution in [0.5, 0.6) is 0 Å². The van der Waals surface area contributed by atoms with Gasteiger partial charge in [-0.25, -0.2) is 9.78 Å². The maximum absolute atomic E-state index is 12.5. The molecule has 1 N–H and O–H groups in total. The predicted molar refractivity (Wildman–Crippen MR) is 109 cm³/mol. The lowest BCUT2D eigenvalue weighted by molar-refractivity contribution is 0.136. The first-order chi connectivity index (χ1) is 13.1. The van der Waals surface area contributed by atoms with Crippen molar-refractivity contribution in [2.24, 2.45) is 0 Å². The van der Waals surface area contributed by atoms with Crippen molar-refractivity contribution in [1.29, 1.82) is 0 Å². The monoisotopic (exact) mass is 428 g/mol. The van der Waals surface area contributed by atoms with Crippen LogP contribution in [0.25, 0.3) is 11.1 Å². The maximum Gasteiger partial charge on any atom is 0.321 e. The summed E-state index contributed by atoms with van der Waals surface area (Å²) in [6, 6.07) is 13.6. The Hall–Kier alpha value is -2.38. The Balaban J connectivity index is 1.33. The molecule has 0 unspecified atom stereocenters. The number of urea groups is 1. The molecule has 0 atom stereocenters. The lowest BCUT2D eigenvalue weighted by Gasteiger charge is -2.34. The second-order valence-electron chi connectivity index (χ2n) is 6.75. The Bertz CT molecular complexity index is 964. The van der Waals surface area contributed by atoms with Gasteiger partial charge in [0.05, 0.1) is 12.2 Å². The summed E-state index contributed by atoms with van der Waals surface area (Å²) >= 11 is 3.46. The molecule has 0 radical (unpaired) electrons. The molecular formula is C20H21BrN4O2. The number of benzene rings is 2. The van der Waals surface area contributed by atoms with E-state index in [0.717, 1.165) is 45.8 Å². The molecule has 140 valence electrons. The normalized spacial score (nSPS) is 15.3. The van der Waals surface area contributed by atoms with Gasteiger partial charge < -0.3 is 14.6 Å². The SMILES string of the molecule is Cc1ccc2nc(CN3CCN(C(=O)Nc4ccccc4Br)CC3)oc2c1. The topological polar surface area (TPSA) is 61.6 Å². The summed E-state index contributed by atoms with van der Waals surface area (Å²) in [4.78, 5) is 21.1. The second kappa shape index (κ2) is 7.70. The van der Waals surface area contributed by atoms with Gasteiger partial charge in [-0.15, -0.1) is 0 Å². The first-order valence-electron chi connectivity index (χ1n) is 8.97. The van der Waals surface area contributed by atoms with Crippen LogP contribution < -0.4 is 5.32 Å². The van der Waals surface area contributed by atoms with E-state index in [4.69, 9.17) is 4.42 Å². The molecule has 1 aliphatic heterocycles. The molecule has 1 aromatic heterocycles. The molecule has 27 heavy (non-hydrogen) atoms. The maximum atomic E-state index is 12.5. The number of nitrogens with one attached hydrogen (secondary N) is 1. The van der Waals surface area contributed by atoms with E-state index in [2.05, 4.69) is 31.1 Å². The number of aryl methyl sites for hydroxylation is 1. The number of hydrogen-bond donors (Lipinski definition) is 1. The Kier molecular flexibility index (Phi) is 5.13. The number of nitrogens with zero attached hydrogens (tertiary/aromatic N) is 3. The molecule has 2 amide bonds. The number of halogens is 1. The Labute approximate surface area is 166 Å². The van der Waals surface area contributed by atoms with Crippen LogP contribution in [0.2, 0.25) is 0 Å². The number of carbonyl (C=O) groups excluding carboxylic acids is 1. The first-order valence-corrected chi connectivity index (χ1v) is 9.77. The lowest BCUT2D eigenvalue weighted by atomic mass is 10.2. The number of piperazine rings is 1. The Morgan fingerprint density at radius 1 is 1.19 bits per heavy atom. The molecule has 6 nitrogen and oxygen atoms in total. The van der Waals surface area contributed by atoms with Gasteiger partial charge in [-0.3, -0.25) is 4.90 Å². The smallest absolute Gasteiger partial charge is 0.321 e. The largest absolute Gasteiger partial charge is 0.439 e. The molecule has 3 aromatic rings. The van der Waals surface area contributed by atoms with Crippen molar-refractivity contribution in [3.05, 3.63) is 58.4 Å². The van der Waals surface area contributed by atoms with E-state index < -0.39 is 0 Å². The highest BCUT2D eigenvalue weighted by molar-refractivity contribution is 9.10. The van der Waals surface area contributed by atoms with E-state index in [1.807, 2.05) is 54.3 Å². The fourth-order valence-electron chi connectivity index (χ4n) is 3.20. The fourth-order valence-corrected chi connectivity index (χ4v) is 3.59. The van der Waals surface area contributed by atoms with Gasteiger partial charge in [0.25, 0.3) is 0 Å². The van der Waals surface area contributed by atoms with Crippen LogP contribution in [0.15, 0.2) is 51.4 Å². The third-order valence-corrected chi connectivity index (χ3v) is 5.41. The molecular weight excluding hydrogens is 408 g/mol. The minimum atomic E-state index is -0.0705. The molecule has 7 heteroatoms. The minimum Gasteiger partial charge on any atom is -0.439 e. The summed E-state index contributed by atoms with van der Waals surface area (Å²) < 4.78 is 6.75. The average molecular weight is 429 g/mol. The number of rotatable bonds is 3. The first kappa shape index (κ1) is 18.0. The Morgan fingerprint density at radius 2 is 1.96 bits per heavy atom. The number of aromatic nitrogens is 1. The highest BCUT2D eigenvalue weighted by Gasteiger charge is 2.22. The summed E-state index contributed by atoms with van der Waals surface area (Å²) in [7, 11) is 0. The number of oxazole rings is 1. The van der Waals surface area contributed by atoms with Gasteiger partial charge in [0.15, 0.2) is 5.58 Å². The molecule has 0 bridgehead atoms. The van der Waals surface area contributed by atoms with Gasteiger partial charge in [0, 0.05) is 30.7 Å². The average Bonchev–Trinajstić information content (AvgIpc) is 3.05. The van der Waals surface area contributed by atoms with Crippen LogP contribution in [0.3, 0.4) is 0 Å². The van der Waals surface area contributed by atoms with E-state index in [9.17, 15) is 4.79 Å².